The van der Waals surface area contributed by atoms with Crippen LogP contribution in [0, 0.1) is 44.4 Å². The van der Waals surface area contributed by atoms with Crippen molar-refractivity contribution in [1.82, 2.24) is 25.8 Å². The van der Waals surface area contributed by atoms with Gasteiger partial charge in [-0.2, -0.15) is 0 Å². The van der Waals surface area contributed by atoms with Gasteiger partial charge in [0.05, 0.1) is 0 Å². The Morgan fingerprint density at radius 2 is 1.19 bits per heavy atom. The standard InChI is InChI=1S/C24H33N3S.C19H26N2O.C18H26N2S.C17H26N2O/c1-3-4-8-20-11-12-23(19(2)17-20)26-24(28)25-22-13-15-27(16-14-22)18-21-9-6-5-7-10-21;1-2-12-4-3-5-17(11-12)20-19(22)21-18-15-7-13-6-14(9-15)10-16(18)8-13;1-4-12-20(17-8-6-5-7-9-17)18(21)19-16-11-10-14(2)15(3)13-16;1-13(2)14-9-11-16(12-10-14)19-17(20)18-15-7-5-3-4-6-8-15/h5-7,9-12,17,22H,3-4,8,13-16,18H2,1-2H3,(H2,25,26,28);3-5,11,13-16,18H,2,6-10H2,1H3,(H2,20,21,22);4,10-11,13,17H,1,5-9,12H2,2-3H3,(H,19,21);9-13,15H,3-8H2,1-2H3,(H2,18,19,20). The van der Waals surface area contributed by atoms with Crippen LogP contribution >= 0.6 is 24.4 Å². The van der Waals surface area contributed by atoms with Gasteiger partial charge in [0.1, 0.15) is 0 Å². The van der Waals surface area contributed by atoms with Gasteiger partial charge in [-0.25, -0.2) is 9.59 Å². The van der Waals surface area contributed by atoms with E-state index in [1.165, 1.54) is 142 Å². The largest absolute Gasteiger partial charge is 0.360 e. The minimum atomic E-state index is -0.0748. The summed E-state index contributed by atoms with van der Waals surface area (Å²) >= 11 is 11.2. The number of likely N-dealkylation sites (tertiary alicyclic amines) is 1. The summed E-state index contributed by atoms with van der Waals surface area (Å²) < 4.78 is 0. The summed E-state index contributed by atoms with van der Waals surface area (Å²) in [5.74, 6) is 3.87. The van der Waals surface area contributed by atoms with Crippen LogP contribution in [0.1, 0.15) is 201 Å². The summed E-state index contributed by atoms with van der Waals surface area (Å²) in [5, 5.41) is 24.2. The molecule has 0 aromatic heterocycles. The Kier molecular flexibility index (Phi) is 28.6. The van der Waals surface area contributed by atoms with E-state index in [1.54, 1.807) is 0 Å². The zero-order valence-electron chi connectivity index (χ0n) is 56.4. The van der Waals surface area contributed by atoms with Gasteiger partial charge >= 0.3 is 12.1 Å². The molecule has 5 aromatic carbocycles. The van der Waals surface area contributed by atoms with Crippen molar-refractivity contribution >= 4 is 69.5 Å². The number of thiocarbonyl (C=S) groups is 2. The van der Waals surface area contributed by atoms with Crippen molar-refractivity contribution in [2.24, 2.45) is 23.7 Å². The van der Waals surface area contributed by atoms with Gasteiger partial charge in [0, 0.05) is 73.1 Å². The van der Waals surface area contributed by atoms with Crippen LogP contribution in [0.15, 0.2) is 128 Å². The number of urea groups is 2. The second kappa shape index (κ2) is 36.8. The van der Waals surface area contributed by atoms with E-state index < -0.39 is 0 Å². The highest BCUT2D eigenvalue weighted by atomic mass is 32.1. The van der Waals surface area contributed by atoms with Gasteiger partial charge in [0.25, 0.3) is 0 Å². The van der Waals surface area contributed by atoms with Gasteiger partial charge in [0.2, 0.25) is 0 Å². The minimum Gasteiger partial charge on any atom is -0.360 e. The number of nitrogens with zero attached hydrogens (tertiary/aromatic N) is 2. The number of hydrogen-bond donors (Lipinski definition) is 7. The molecule has 6 aliphatic carbocycles. The number of aryl methyl sites for hydroxylation is 5. The summed E-state index contributed by atoms with van der Waals surface area (Å²) in [7, 11) is 0. The van der Waals surface area contributed by atoms with Gasteiger partial charge in [-0.1, -0.05) is 158 Å². The lowest BCUT2D eigenvalue weighted by molar-refractivity contribution is -0.00883. The molecule has 0 spiro atoms. The van der Waals surface area contributed by atoms with Crippen molar-refractivity contribution in [2.75, 3.05) is 40.9 Å². The second-order valence-electron chi connectivity index (χ2n) is 27.5. The molecule has 1 heterocycles. The van der Waals surface area contributed by atoms with E-state index in [0.717, 1.165) is 121 Å². The van der Waals surface area contributed by atoms with Crippen molar-refractivity contribution in [1.29, 1.82) is 0 Å². The Hall–Kier alpha value is -6.28. The maximum Gasteiger partial charge on any atom is 0.319 e. The molecule has 6 saturated carbocycles. The second-order valence-corrected chi connectivity index (χ2v) is 28.3. The number of nitrogens with one attached hydrogen (secondary N) is 7. The Labute approximate surface area is 559 Å². The first-order valence-corrected chi connectivity index (χ1v) is 36.0. The highest BCUT2D eigenvalue weighted by Crippen LogP contribution is 2.53. The fraction of sp³-hybridized carbons (Fsp3) is 0.538. The van der Waals surface area contributed by atoms with Crippen LogP contribution in [0.3, 0.4) is 0 Å². The summed E-state index contributed by atoms with van der Waals surface area (Å²) in [4.78, 5) is 29.2. The highest BCUT2D eigenvalue weighted by Gasteiger charge is 2.48. The molecule has 0 atom stereocenters. The highest BCUT2D eigenvalue weighted by molar-refractivity contribution is 7.80. The molecule has 1 aliphatic heterocycles. The quantitative estimate of drug-likeness (QED) is 0.0277. The van der Waals surface area contributed by atoms with Crippen LogP contribution < -0.4 is 37.2 Å². The van der Waals surface area contributed by atoms with Crippen molar-refractivity contribution in [3.63, 3.8) is 0 Å². The molecule has 5 aromatic rings. The number of carbonyl (C=O) groups excluding carboxylic acids is 2. The van der Waals surface area contributed by atoms with E-state index in [9.17, 15) is 9.59 Å². The van der Waals surface area contributed by atoms with Gasteiger partial charge in [0.15, 0.2) is 10.2 Å². The maximum absolute atomic E-state index is 12.4. The van der Waals surface area contributed by atoms with Crippen molar-refractivity contribution < 1.29 is 9.59 Å². The first-order valence-electron chi connectivity index (χ1n) is 35.1. The van der Waals surface area contributed by atoms with Gasteiger partial charge in [-0.05, 0) is 246 Å². The zero-order chi connectivity index (χ0) is 64.5. The summed E-state index contributed by atoms with van der Waals surface area (Å²) in [5.41, 5.74) is 13.2. The first kappa shape index (κ1) is 70.6. The number of piperidine rings is 1. The summed E-state index contributed by atoms with van der Waals surface area (Å²) in [6.07, 6.45) is 29.4. The average Bonchev–Trinajstić information content (AvgIpc) is 0.874. The first-order chi connectivity index (χ1) is 44.1. The molecule has 4 amide bonds. The normalized spacial score (nSPS) is 20.5. The number of carbonyl (C=O) groups is 2. The van der Waals surface area contributed by atoms with E-state index in [1.807, 2.05) is 30.3 Å². The maximum atomic E-state index is 12.4. The molecule has 7 N–H and O–H groups in total. The van der Waals surface area contributed by atoms with Crippen LogP contribution in [0.5, 0.6) is 0 Å². The lowest BCUT2D eigenvalue weighted by Gasteiger charge is -2.54. The average molecular weight is 1270 g/mol. The number of hydrogen-bond acceptors (Lipinski definition) is 5. The minimum absolute atomic E-state index is 0.0225. The zero-order valence-corrected chi connectivity index (χ0v) is 58.0. The molecule has 13 heteroatoms. The number of unbranched alkanes of at least 4 members (excludes halogenated alkanes) is 1. The van der Waals surface area contributed by atoms with E-state index in [4.69, 9.17) is 24.4 Å². The third-order valence-electron chi connectivity index (χ3n) is 20.0. The third-order valence-corrected chi connectivity index (χ3v) is 20.6. The SMILES string of the molecule is C=CCN(C(=S)Nc1ccc(C)c(C)c1)C1CCCCC1.CC(C)c1ccc(NC(=O)NC2CCCCCC2)cc1.CCCCc1ccc(NC(=S)NC2CCN(Cc3ccccc3)CC2)c(C)c1.CCc1cccc(NC(=O)NC2C3CC4CC(C3)CC2C4)c1. The van der Waals surface area contributed by atoms with Crippen LogP contribution in [-0.4, -0.2) is 75.9 Å². The van der Waals surface area contributed by atoms with Crippen molar-refractivity contribution in [2.45, 2.75) is 226 Å². The molecule has 91 heavy (non-hydrogen) atoms. The molecule has 7 fully saturated rings. The summed E-state index contributed by atoms with van der Waals surface area (Å²) in [6, 6.07) is 41.7. The van der Waals surface area contributed by atoms with E-state index in [2.05, 4.69) is 193 Å². The van der Waals surface area contributed by atoms with E-state index in [0.29, 0.717) is 30.1 Å². The number of amides is 4. The lowest BCUT2D eigenvalue weighted by Crippen LogP contribution is -2.56. The fourth-order valence-corrected chi connectivity index (χ4v) is 15.5. The fourth-order valence-electron chi connectivity index (χ4n) is 14.8. The number of rotatable bonds is 17. The Bertz CT molecular complexity index is 3030. The van der Waals surface area contributed by atoms with Crippen LogP contribution in [-0.2, 0) is 19.4 Å². The molecule has 7 aliphatic rings. The van der Waals surface area contributed by atoms with Crippen LogP contribution in [0.4, 0.5) is 32.3 Å². The van der Waals surface area contributed by atoms with Gasteiger partial charge in [-0.3, -0.25) is 4.90 Å². The third kappa shape index (κ3) is 23.1. The van der Waals surface area contributed by atoms with Gasteiger partial charge in [-0.15, -0.1) is 6.58 Å². The topological polar surface area (TPSA) is 125 Å². The molecule has 4 bridgehead atoms. The predicted molar refractivity (Wildman–Crippen MR) is 393 cm³/mol. The van der Waals surface area contributed by atoms with E-state index in [-0.39, 0.29) is 12.1 Å². The Balaban J connectivity index is 0.000000158. The van der Waals surface area contributed by atoms with E-state index >= 15 is 0 Å². The molecule has 1 saturated heterocycles. The van der Waals surface area contributed by atoms with Gasteiger partial charge < -0.3 is 42.1 Å². The molecule has 492 valence electrons. The predicted octanol–water partition coefficient (Wildman–Crippen LogP) is 19.0. The smallest absolute Gasteiger partial charge is 0.319 e. The Morgan fingerprint density at radius 1 is 0.582 bits per heavy atom. The molecule has 0 radical (unpaired) electrons. The van der Waals surface area contributed by atoms with Crippen molar-refractivity contribution in [3.8, 4) is 0 Å². The molecule has 12 rings (SSSR count). The molecular weight excluding hydrogens is 1160 g/mol. The van der Waals surface area contributed by atoms with Crippen LogP contribution in [0.2, 0.25) is 0 Å². The molecular formula is C78H111N9O2S2. The number of benzene rings is 5. The number of anilines is 4. The molecule has 11 nitrogen and oxygen atoms in total. The Morgan fingerprint density at radius 3 is 1.81 bits per heavy atom. The monoisotopic (exact) mass is 1270 g/mol. The van der Waals surface area contributed by atoms with Crippen molar-refractivity contribution in [3.05, 3.63) is 167 Å². The van der Waals surface area contributed by atoms with Crippen LogP contribution in [0.25, 0.3) is 0 Å². The lowest BCUT2D eigenvalue weighted by atomic mass is 9.54. The molecule has 0 unspecified atom stereocenters. The summed E-state index contributed by atoms with van der Waals surface area (Å²) in [6.45, 7) is 23.1.